The number of aliphatic hydroxyl groups is 3. The SMILES string of the molecule is CN(C)c1cc(NC(=O)NNc2cccnc2)cc2c1CC1CC3[C@H](N(C)C)C(=O)C(C(N)=O)=C(O)[C@@]3(O)C(=O)C1=C2O. The number of benzene rings is 1. The van der Waals surface area contributed by atoms with Crippen LogP contribution in [0.25, 0.3) is 5.76 Å². The van der Waals surface area contributed by atoms with Gasteiger partial charge in [0, 0.05) is 48.7 Å². The summed E-state index contributed by atoms with van der Waals surface area (Å²) < 4.78 is 0. The van der Waals surface area contributed by atoms with Gasteiger partial charge in [-0.25, -0.2) is 4.79 Å². The number of primary amides is 1. The minimum Gasteiger partial charge on any atom is -0.508 e. The molecule has 14 heteroatoms. The average molecular weight is 592 g/mol. The molecule has 0 spiro atoms. The van der Waals surface area contributed by atoms with Gasteiger partial charge >= 0.3 is 6.03 Å². The number of pyridine rings is 1. The lowest BCUT2D eigenvalue weighted by Crippen LogP contribution is -2.65. The van der Waals surface area contributed by atoms with Crippen molar-refractivity contribution in [3.05, 3.63) is 64.7 Å². The molecule has 2 aromatic rings. The highest BCUT2D eigenvalue weighted by molar-refractivity contribution is 6.24. The average Bonchev–Trinajstić information content (AvgIpc) is 2.94. The Kier molecular flexibility index (Phi) is 7.36. The molecule has 3 amide bonds. The molecule has 1 fully saturated rings. The van der Waals surface area contributed by atoms with Gasteiger partial charge < -0.3 is 31.3 Å². The van der Waals surface area contributed by atoms with Gasteiger partial charge in [0.15, 0.2) is 11.4 Å². The quantitative estimate of drug-likeness (QED) is 0.185. The van der Waals surface area contributed by atoms with Crippen molar-refractivity contribution in [3.63, 3.8) is 0 Å². The zero-order chi connectivity index (χ0) is 31.4. The predicted octanol–water partition coefficient (Wildman–Crippen LogP) is 0.868. The van der Waals surface area contributed by atoms with Crippen LogP contribution in [-0.4, -0.2) is 88.5 Å². The maximum Gasteiger partial charge on any atom is 0.337 e. The molecule has 8 N–H and O–H groups in total. The summed E-state index contributed by atoms with van der Waals surface area (Å²) in [5.74, 6) is -6.35. The van der Waals surface area contributed by atoms with Crippen LogP contribution in [0, 0.1) is 11.8 Å². The Morgan fingerprint density at radius 3 is 2.44 bits per heavy atom. The highest BCUT2D eigenvalue weighted by Crippen LogP contribution is 2.52. The van der Waals surface area contributed by atoms with Crippen molar-refractivity contribution in [1.29, 1.82) is 0 Å². The Labute approximate surface area is 246 Å². The summed E-state index contributed by atoms with van der Waals surface area (Å²) in [4.78, 5) is 59.3. The molecule has 1 heterocycles. The van der Waals surface area contributed by atoms with E-state index in [1.165, 1.54) is 17.2 Å². The molecule has 1 saturated carbocycles. The predicted molar refractivity (Wildman–Crippen MR) is 157 cm³/mol. The Balaban J connectivity index is 1.56. The van der Waals surface area contributed by atoms with Crippen LogP contribution in [0.4, 0.5) is 21.9 Å². The second kappa shape index (κ2) is 10.7. The van der Waals surface area contributed by atoms with Crippen LogP contribution in [0.2, 0.25) is 0 Å². The zero-order valence-corrected chi connectivity index (χ0v) is 24.0. The van der Waals surface area contributed by atoms with Gasteiger partial charge in [-0.15, -0.1) is 0 Å². The molecule has 0 bridgehead atoms. The van der Waals surface area contributed by atoms with Gasteiger partial charge in [0.05, 0.1) is 17.9 Å². The third-order valence-electron chi connectivity index (χ3n) is 8.28. The van der Waals surface area contributed by atoms with Gasteiger partial charge in [-0.3, -0.25) is 35.1 Å². The molecular formula is C29H33N7O7. The number of aromatic nitrogens is 1. The number of hydrogen-bond donors (Lipinski definition) is 7. The molecule has 1 aromatic heterocycles. The zero-order valence-electron chi connectivity index (χ0n) is 24.0. The number of nitrogens with two attached hydrogens (primary N) is 1. The van der Waals surface area contributed by atoms with Crippen LogP contribution in [0.5, 0.6) is 0 Å². The minimum absolute atomic E-state index is 0.0427. The van der Waals surface area contributed by atoms with E-state index in [1.54, 1.807) is 57.5 Å². The number of carbonyl (C=O) groups excluding carboxylic acids is 4. The molecule has 0 aliphatic heterocycles. The first-order valence-electron chi connectivity index (χ1n) is 13.5. The molecule has 3 aliphatic rings. The van der Waals surface area contributed by atoms with E-state index < -0.39 is 64.1 Å². The molecule has 5 rings (SSSR count). The maximum atomic E-state index is 14.0. The monoisotopic (exact) mass is 591 g/mol. The molecular weight excluding hydrogens is 558 g/mol. The van der Waals surface area contributed by atoms with Crippen LogP contribution in [0.1, 0.15) is 17.5 Å². The number of carbonyl (C=O) groups is 4. The van der Waals surface area contributed by atoms with Crippen molar-refractivity contribution < 1.29 is 34.5 Å². The number of aliphatic hydroxyl groups excluding tert-OH is 2. The van der Waals surface area contributed by atoms with Crippen LogP contribution in [0.15, 0.2) is 53.6 Å². The summed E-state index contributed by atoms with van der Waals surface area (Å²) in [7, 11) is 6.71. The number of amides is 3. The summed E-state index contributed by atoms with van der Waals surface area (Å²) >= 11 is 0. The molecule has 14 nitrogen and oxygen atoms in total. The third-order valence-corrected chi connectivity index (χ3v) is 8.28. The maximum absolute atomic E-state index is 14.0. The standard InChI is InChI=1S/C29H33N7O7/c1-35(2)19-11-15(32-28(42)34-33-14-6-5-7-31-12-14)10-17-16(19)8-13-9-18-22(36(3)4)24(38)21(27(30)41)26(40)29(18,43)25(39)20(13)23(17)37/h5-7,10-13,18,22,33,37,40,43H,8-9H2,1-4H3,(H2,30,41)(H2,32,34,42)/t13?,18?,22-,29-/m0/s1. The Bertz CT molecular complexity index is 1600. The van der Waals surface area contributed by atoms with Crippen molar-refractivity contribution in [2.75, 3.05) is 43.8 Å². The lowest BCUT2D eigenvalue weighted by atomic mass is 9.57. The Morgan fingerprint density at radius 2 is 1.84 bits per heavy atom. The van der Waals surface area contributed by atoms with E-state index in [9.17, 15) is 34.5 Å². The number of nitrogens with one attached hydrogen (secondary N) is 3. The van der Waals surface area contributed by atoms with Crippen molar-refractivity contribution in [1.82, 2.24) is 15.3 Å². The number of anilines is 3. The van der Waals surface area contributed by atoms with Crippen molar-refractivity contribution in [2.24, 2.45) is 17.6 Å². The molecule has 0 radical (unpaired) electrons. The fraction of sp³-hybridized carbons (Fsp3) is 0.345. The van der Waals surface area contributed by atoms with Gasteiger partial charge in [0.1, 0.15) is 17.1 Å². The van der Waals surface area contributed by atoms with E-state index in [4.69, 9.17) is 5.73 Å². The van der Waals surface area contributed by atoms with Crippen LogP contribution >= 0.6 is 0 Å². The number of Topliss-reactive ketones (excluding diaryl/α,β-unsaturated/α-hetero) is 2. The smallest absolute Gasteiger partial charge is 0.337 e. The molecule has 3 aliphatic carbocycles. The second-order valence-corrected chi connectivity index (χ2v) is 11.3. The highest BCUT2D eigenvalue weighted by atomic mass is 16.3. The van der Waals surface area contributed by atoms with E-state index in [1.807, 2.05) is 0 Å². The fourth-order valence-corrected chi connectivity index (χ4v) is 6.42. The van der Waals surface area contributed by atoms with Gasteiger partial charge in [0.25, 0.3) is 5.91 Å². The normalized spacial score (nSPS) is 24.7. The number of rotatable bonds is 6. The van der Waals surface area contributed by atoms with Crippen LogP contribution in [0.3, 0.4) is 0 Å². The number of hydrazine groups is 1. The van der Waals surface area contributed by atoms with E-state index in [2.05, 4.69) is 21.2 Å². The third kappa shape index (κ3) is 4.73. The first kappa shape index (κ1) is 29.5. The Hall–Kier alpha value is -4.95. The number of urea groups is 1. The fourth-order valence-electron chi connectivity index (χ4n) is 6.42. The lowest BCUT2D eigenvalue weighted by Gasteiger charge is -2.50. The minimum atomic E-state index is -2.66. The Morgan fingerprint density at radius 1 is 1.12 bits per heavy atom. The molecule has 2 unspecified atom stereocenters. The summed E-state index contributed by atoms with van der Waals surface area (Å²) in [6.07, 6.45) is 3.41. The summed E-state index contributed by atoms with van der Waals surface area (Å²) in [5, 5.41) is 37.0. The largest absolute Gasteiger partial charge is 0.508 e. The van der Waals surface area contributed by atoms with E-state index in [0.29, 0.717) is 22.6 Å². The van der Waals surface area contributed by atoms with E-state index >= 15 is 0 Å². The second-order valence-electron chi connectivity index (χ2n) is 11.3. The number of ketones is 2. The molecule has 43 heavy (non-hydrogen) atoms. The number of nitrogens with zero attached hydrogens (tertiary/aromatic N) is 3. The van der Waals surface area contributed by atoms with Crippen LogP contribution < -0.4 is 26.8 Å². The van der Waals surface area contributed by atoms with Crippen LogP contribution in [-0.2, 0) is 20.8 Å². The molecule has 0 saturated heterocycles. The number of hydrogen-bond acceptors (Lipinski definition) is 11. The van der Waals surface area contributed by atoms with Crippen molar-refractivity contribution >= 4 is 46.3 Å². The number of fused-ring (bicyclic) bond motifs is 3. The van der Waals surface area contributed by atoms with Crippen molar-refractivity contribution in [3.8, 4) is 0 Å². The summed E-state index contributed by atoms with van der Waals surface area (Å²) in [5.41, 5.74) is 9.40. The van der Waals surface area contributed by atoms with Gasteiger partial charge in [-0.1, -0.05) is 0 Å². The highest BCUT2D eigenvalue weighted by Gasteiger charge is 2.64. The molecule has 226 valence electrons. The first-order chi connectivity index (χ1) is 20.3. The first-order valence-corrected chi connectivity index (χ1v) is 13.5. The number of likely N-dealkylation sites (N-methyl/N-ethyl adjacent to an activating group) is 1. The molecule has 4 atom stereocenters. The van der Waals surface area contributed by atoms with Gasteiger partial charge in [0.2, 0.25) is 5.78 Å². The van der Waals surface area contributed by atoms with E-state index in [-0.39, 0.29) is 24.0 Å². The van der Waals surface area contributed by atoms with E-state index in [0.717, 1.165) is 0 Å². The van der Waals surface area contributed by atoms with Crippen molar-refractivity contribution in [2.45, 2.75) is 24.5 Å². The topological polar surface area (TPSA) is 210 Å². The van der Waals surface area contributed by atoms with Gasteiger partial charge in [-0.2, -0.15) is 0 Å². The summed E-state index contributed by atoms with van der Waals surface area (Å²) in [6, 6.07) is 4.89. The summed E-state index contributed by atoms with van der Waals surface area (Å²) in [6.45, 7) is 0. The molecule has 1 aromatic carbocycles. The lowest BCUT2D eigenvalue weighted by molar-refractivity contribution is -0.153. The van der Waals surface area contributed by atoms with Gasteiger partial charge in [-0.05, 0) is 62.7 Å².